The van der Waals surface area contributed by atoms with Gasteiger partial charge in [-0.25, -0.2) is 13.0 Å². The van der Waals surface area contributed by atoms with Crippen molar-refractivity contribution in [3.8, 4) is 11.4 Å². The van der Waals surface area contributed by atoms with Crippen molar-refractivity contribution >= 4 is 15.4 Å². The molecule has 0 aliphatic rings. The molecule has 0 radical (unpaired) electrons. The van der Waals surface area contributed by atoms with Crippen LogP contribution in [0.1, 0.15) is 5.89 Å². The first kappa shape index (κ1) is 19.0. The molecule has 1 atom stereocenters. The zero-order chi connectivity index (χ0) is 19.8. The first-order valence-corrected chi connectivity index (χ1v) is 9.18. The van der Waals surface area contributed by atoms with E-state index in [4.69, 9.17) is 0 Å². The molecule has 142 valence electrons. The van der Waals surface area contributed by atoms with Crippen molar-refractivity contribution < 1.29 is 30.7 Å². The van der Waals surface area contributed by atoms with Crippen molar-refractivity contribution in [1.29, 1.82) is 0 Å². The van der Waals surface area contributed by atoms with E-state index < -0.39 is 39.3 Å². The lowest BCUT2D eigenvalue weighted by Gasteiger charge is -2.06. The van der Waals surface area contributed by atoms with Gasteiger partial charge in [-0.05, 0) is 24.3 Å². The molecule has 0 saturated carbocycles. The molecule has 5 nitrogen and oxygen atoms in total. The van der Waals surface area contributed by atoms with Gasteiger partial charge < -0.3 is 4.52 Å². The average Bonchev–Trinajstić information content (AvgIpc) is 3.05. The standard InChI is InChI=1S/C16H10F5N3O2S/c1-27(25,13-5-3-2-4-11(13)17)24-9-6-7-10(12(18)8-9)14-22-15(26-23-14)16(19,20)21/h2-8H,1H3. The second-order valence-corrected chi connectivity index (χ2v) is 7.64. The van der Waals surface area contributed by atoms with Crippen LogP contribution in [0.3, 0.4) is 0 Å². The summed E-state index contributed by atoms with van der Waals surface area (Å²) in [6, 6.07) is 8.42. The minimum absolute atomic E-state index is 0.0912. The van der Waals surface area contributed by atoms with Gasteiger partial charge in [-0.1, -0.05) is 17.3 Å². The molecule has 0 aliphatic carbocycles. The number of halogens is 5. The summed E-state index contributed by atoms with van der Waals surface area (Å²) < 4.78 is 86.2. The van der Waals surface area contributed by atoms with E-state index in [2.05, 4.69) is 19.0 Å². The van der Waals surface area contributed by atoms with Crippen LogP contribution in [0.4, 0.5) is 27.6 Å². The minimum Gasteiger partial charge on any atom is -0.329 e. The SMILES string of the molecule is CS(=O)(=Nc1ccc(-c2noc(C(F)(F)F)n2)c(F)c1)c1ccccc1F. The first-order chi connectivity index (χ1) is 12.6. The fourth-order valence-corrected chi connectivity index (χ4v) is 3.57. The van der Waals surface area contributed by atoms with Crippen LogP contribution in [0.25, 0.3) is 11.4 Å². The highest BCUT2D eigenvalue weighted by molar-refractivity contribution is 7.93. The van der Waals surface area contributed by atoms with Crippen LogP contribution in [0.2, 0.25) is 0 Å². The van der Waals surface area contributed by atoms with Crippen LogP contribution >= 0.6 is 0 Å². The molecule has 27 heavy (non-hydrogen) atoms. The van der Waals surface area contributed by atoms with Gasteiger partial charge in [0.1, 0.15) is 11.6 Å². The topological polar surface area (TPSA) is 68.3 Å². The summed E-state index contributed by atoms with van der Waals surface area (Å²) >= 11 is 0. The summed E-state index contributed by atoms with van der Waals surface area (Å²) in [4.78, 5) is 2.95. The van der Waals surface area contributed by atoms with Gasteiger partial charge in [0.15, 0.2) is 0 Å². The van der Waals surface area contributed by atoms with E-state index in [1.807, 2.05) is 0 Å². The maximum absolute atomic E-state index is 14.3. The molecule has 3 rings (SSSR count). The average molecular weight is 403 g/mol. The summed E-state index contributed by atoms with van der Waals surface area (Å²) in [5.74, 6) is -3.94. The highest BCUT2D eigenvalue weighted by Crippen LogP contribution is 2.31. The lowest BCUT2D eigenvalue weighted by molar-refractivity contribution is -0.159. The molecule has 2 aromatic carbocycles. The molecule has 0 N–H and O–H groups in total. The van der Waals surface area contributed by atoms with E-state index in [1.165, 1.54) is 30.5 Å². The molecule has 0 aliphatic heterocycles. The molecule has 11 heteroatoms. The zero-order valence-corrected chi connectivity index (χ0v) is 14.3. The molecule has 0 amide bonds. The number of benzene rings is 2. The van der Waals surface area contributed by atoms with E-state index in [-0.39, 0.29) is 16.1 Å². The molecular weight excluding hydrogens is 393 g/mol. The predicted molar refractivity (Wildman–Crippen MR) is 85.5 cm³/mol. The summed E-state index contributed by atoms with van der Waals surface area (Å²) in [5, 5.41) is 3.09. The lowest BCUT2D eigenvalue weighted by Crippen LogP contribution is -2.04. The van der Waals surface area contributed by atoms with Gasteiger partial charge in [-0.3, -0.25) is 0 Å². The summed E-state index contributed by atoms with van der Waals surface area (Å²) in [6.07, 6.45) is -3.67. The first-order valence-electron chi connectivity index (χ1n) is 7.25. The van der Waals surface area contributed by atoms with Crippen LogP contribution in [0, 0.1) is 11.6 Å². The number of aromatic nitrogens is 2. The Bertz CT molecular complexity index is 1120. The quantitative estimate of drug-likeness (QED) is 0.588. The second-order valence-electron chi connectivity index (χ2n) is 5.41. The summed E-state index contributed by atoms with van der Waals surface area (Å²) in [6.45, 7) is 0. The normalized spacial score (nSPS) is 14.0. The largest absolute Gasteiger partial charge is 0.471 e. The van der Waals surface area contributed by atoms with Crippen LogP contribution < -0.4 is 0 Å². The Morgan fingerprint density at radius 1 is 1.07 bits per heavy atom. The fourth-order valence-electron chi connectivity index (χ4n) is 2.19. The smallest absolute Gasteiger partial charge is 0.329 e. The van der Waals surface area contributed by atoms with Gasteiger partial charge >= 0.3 is 12.1 Å². The summed E-state index contributed by atoms with van der Waals surface area (Å²) in [7, 11) is -3.22. The number of hydrogen-bond acceptors (Lipinski definition) is 5. The summed E-state index contributed by atoms with van der Waals surface area (Å²) in [5.41, 5.74) is -0.451. The maximum Gasteiger partial charge on any atom is 0.471 e. The molecule has 1 aromatic heterocycles. The third-order valence-electron chi connectivity index (χ3n) is 3.39. The number of nitrogens with zero attached hydrogens (tertiary/aromatic N) is 3. The Morgan fingerprint density at radius 3 is 2.37 bits per heavy atom. The number of hydrogen-bond donors (Lipinski definition) is 0. The van der Waals surface area contributed by atoms with Crippen molar-refractivity contribution in [2.75, 3.05) is 6.26 Å². The minimum atomic E-state index is -4.86. The van der Waals surface area contributed by atoms with Gasteiger partial charge in [0.2, 0.25) is 5.82 Å². The van der Waals surface area contributed by atoms with Gasteiger partial charge in [-0.15, -0.1) is 0 Å². The molecule has 0 saturated heterocycles. The number of rotatable bonds is 3. The monoisotopic (exact) mass is 403 g/mol. The molecule has 3 aromatic rings. The van der Waals surface area contributed by atoms with Crippen molar-refractivity contribution in [3.63, 3.8) is 0 Å². The molecular formula is C16H10F5N3O2S. The molecule has 0 fully saturated rings. The van der Waals surface area contributed by atoms with Gasteiger partial charge in [0.25, 0.3) is 0 Å². The Kier molecular flexibility index (Phi) is 4.72. The van der Waals surface area contributed by atoms with Crippen LogP contribution in [-0.2, 0) is 15.9 Å². The van der Waals surface area contributed by atoms with Crippen molar-refractivity contribution in [3.05, 3.63) is 60.0 Å². The Labute approximate surface area is 150 Å². The number of alkyl halides is 3. The van der Waals surface area contributed by atoms with E-state index in [0.29, 0.717) is 0 Å². The highest BCUT2D eigenvalue weighted by Gasteiger charge is 2.38. The van der Waals surface area contributed by atoms with Crippen molar-refractivity contribution in [2.45, 2.75) is 11.1 Å². The predicted octanol–water partition coefficient (Wildman–Crippen LogP) is 4.82. The van der Waals surface area contributed by atoms with Gasteiger partial charge in [0.05, 0.1) is 25.9 Å². The Morgan fingerprint density at radius 2 is 1.78 bits per heavy atom. The molecule has 0 bridgehead atoms. The maximum atomic E-state index is 14.3. The molecule has 1 unspecified atom stereocenters. The zero-order valence-electron chi connectivity index (χ0n) is 13.5. The van der Waals surface area contributed by atoms with Crippen molar-refractivity contribution in [1.82, 2.24) is 10.1 Å². The van der Waals surface area contributed by atoms with Crippen molar-refractivity contribution in [2.24, 2.45) is 4.36 Å². The van der Waals surface area contributed by atoms with Crippen LogP contribution in [0.5, 0.6) is 0 Å². The van der Waals surface area contributed by atoms with Gasteiger partial charge in [0, 0.05) is 12.3 Å². The Balaban J connectivity index is 1.99. The third-order valence-corrected chi connectivity index (χ3v) is 5.09. The van der Waals surface area contributed by atoms with Crippen LogP contribution in [0.15, 0.2) is 56.2 Å². The van der Waals surface area contributed by atoms with Crippen LogP contribution in [-0.4, -0.2) is 20.6 Å². The van der Waals surface area contributed by atoms with E-state index in [9.17, 15) is 26.2 Å². The Hall–Kier alpha value is -2.82. The van der Waals surface area contributed by atoms with E-state index in [1.54, 1.807) is 0 Å². The highest BCUT2D eigenvalue weighted by atomic mass is 32.2. The van der Waals surface area contributed by atoms with E-state index >= 15 is 0 Å². The van der Waals surface area contributed by atoms with E-state index in [0.717, 1.165) is 18.2 Å². The van der Waals surface area contributed by atoms with Gasteiger partial charge in [-0.2, -0.15) is 22.5 Å². The molecule has 1 heterocycles. The third kappa shape index (κ3) is 3.97. The lowest BCUT2D eigenvalue weighted by atomic mass is 10.2. The fraction of sp³-hybridized carbons (Fsp3) is 0.125. The second kappa shape index (κ2) is 6.72. The molecule has 0 spiro atoms.